The Morgan fingerprint density at radius 2 is 1.27 bits per heavy atom. The maximum Gasteiger partial charge on any atom is 0.0777 e. The van der Waals surface area contributed by atoms with E-state index in [1.807, 2.05) is 0 Å². The van der Waals surface area contributed by atoms with Crippen molar-refractivity contribution in [2.24, 2.45) is 0 Å². The van der Waals surface area contributed by atoms with Crippen molar-refractivity contribution < 1.29 is 16.9 Å². The van der Waals surface area contributed by atoms with Crippen molar-refractivity contribution in [1.82, 2.24) is 0 Å². The fraction of sp³-hybridized carbons (Fsp3) is 1.00. The number of hydrogen-bond acceptors (Lipinski definition) is 0. The summed E-state index contributed by atoms with van der Waals surface area (Å²) in [7, 11) is 6.07. The van der Waals surface area contributed by atoms with Gasteiger partial charge in [0.05, 0.1) is 35.8 Å². The number of rotatable bonds is 7. The molecule has 0 saturated carbocycles. The summed E-state index contributed by atoms with van der Waals surface area (Å²) >= 11 is 0. The Hall–Kier alpha value is 0.467. The van der Waals surface area contributed by atoms with Gasteiger partial charge in [0.2, 0.25) is 0 Å². The van der Waals surface area contributed by atoms with Gasteiger partial charge in [-0.15, -0.1) is 0 Å². The maximum atomic E-state index is 2.41. The van der Waals surface area contributed by atoms with Crippen LogP contribution in [0.15, 0.2) is 0 Å². The molecule has 0 aliphatic rings. The van der Waals surface area contributed by atoms with Crippen LogP contribution in [-0.4, -0.2) is 40.2 Å². The van der Waals surface area contributed by atoms with E-state index in [0.717, 1.165) is 4.48 Å². The standard InChI is InChI=1S/C12H30NSi.ClH/c1-7-14(8-2,9-3)12-10-11-13(4,5)6;/h7-12H2,1-6H3;1H/q+1;/p-1. The summed E-state index contributed by atoms with van der Waals surface area (Å²) in [5.41, 5.74) is 0. The van der Waals surface area contributed by atoms with Crippen LogP contribution in [0.1, 0.15) is 27.2 Å². The largest absolute Gasteiger partial charge is 1.00 e. The average molecular weight is 252 g/mol. The highest BCUT2D eigenvalue weighted by atomic mass is 35.5. The molecule has 0 rings (SSSR count). The Kier molecular flexibility index (Phi) is 9.15. The molecule has 94 valence electrons. The minimum absolute atomic E-state index is 0. The van der Waals surface area contributed by atoms with Gasteiger partial charge >= 0.3 is 0 Å². The number of hydrogen-bond donors (Lipinski definition) is 0. The smallest absolute Gasteiger partial charge is 0.0777 e. The lowest BCUT2D eigenvalue weighted by Crippen LogP contribution is -3.00. The molecule has 0 radical (unpaired) electrons. The molecule has 0 aromatic rings. The topological polar surface area (TPSA) is 0 Å². The third kappa shape index (κ3) is 7.37. The molecule has 0 aliphatic carbocycles. The molecule has 0 aromatic heterocycles. The zero-order chi connectivity index (χ0) is 11.2. The lowest BCUT2D eigenvalue weighted by molar-refractivity contribution is -0.870. The summed E-state index contributed by atoms with van der Waals surface area (Å²) < 4.78 is 1.13. The molecule has 0 bridgehead atoms. The lowest BCUT2D eigenvalue weighted by Gasteiger charge is -2.30. The van der Waals surface area contributed by atoms with Gasteiger partial charge in [-0.3, -0.25) is 0 Å². The SMILES string of the molecule is CC[Si](CC)(CC)CCC[N+](C)(C)C.[Cl-]. The number of quaternary nitrogens is 1. The minimum Gasteiger partial charge on any atom is -1.00 e. The molecule has 0 N–H and O–H groups in total. The molecular formula is C12H30ClNSi. The first-order valence-electron chi connectivity index (χ1n) is 6.19. The van der Waals surface area contributed by atoms with E-state index in [4.69, 9.17) is 0 Å². The van der Waals surface area contributed by atoms with Crippen molar-refractivity contribution in [3.8, 4) is 0 Å². The van der Waals surface area contributed by atoms with Crippen LogP contribution in [0.5, 0.6) is 0 Å². The average Bonchev–Trinajstić information content (AvgIpc) is 2.11. The summed E-state index contributed by atoms with van der Waals surface area (Å²) in [5, 5.41) is 0. The highest BCUT2D eigenvalue weighted by Crippen LogP contribution is 2.26. The van der Waals surface area contributed by atoms with E-state index >= 15 is 0 Å². The van der Waals surface area contributed by atoms with Crippen molar-refractivity contribution in [2.45, 2.75) is 51.4 Å². The van der Waals surface area contributed by atoms with Gasteiger partial charge in [-0.1, -0.05) is 44.9 Å². The zero-order valence-electron chi connectivity index (χ0n) is 11.6. The predicted molar refractivity (Wildman–Crippen MR) is 69.5 cm³/mol. The molecule has 0 amide bonds. The Labute approximate surface area is 104 Å². The third-order valence-electron chi connectivity index (χ3n) is 3.79. The van der Waals surface area contributed by atoms with Crippen LogP contribution in [0.3, 0.4) is 0 Å². The molecular weight excluding hydrogens is 222 g/mol. The molecule has 0 saturated heterocycles. The molecule has 0 atom stereocenters. The molecule has 0 unspecified atom stereocenters. The van der Waals surface area contributed by atoms with Crippen molar-refractivity contribution in [2.75, 3.05) is 27.7 Å². The van der Waals surface area contributed by atoms with E-state index in [9.17, 15) is 0 Å². The third-order valence-corrected chi connectivity index (χ3v) is 9.70. The van der Waals surface area contributed by atoms with E-state index in [0.29, 0.717) is 0 Å². The van der Waals surface area contributed by atoms with Crippen LogP contribution in [0.25, 0.3) is 0 Å². The zero-order valence-corrected chi connectivity index (χ0v) is 13.3. The second-order valence-electron chi connectivity index (χ2n) is 5.68. The van der Waals surface area contributed by atoms with Gasteiger partial charge in [0, 0.05) is 0 Å². The van der Waals surface area contributed by atoms with E-state index in [2.05, 4.69) is 41.9 Å². The molecule has 3 heteroatoms. The Balaban J connectivity index is 0. The van der Waals surface area contributed by atoms with Gasteiger partial charge in [0.1, 0.15) is 0 Å². The van der Waals surface area contributed by atoms with Crippen LogP contribution >= 0.6 is 0 Å². The molecule has 0 heterocycles. The number of halogens is 1. The first-order valence-corrected chi connectivity index (χ1v) is 9.02. The van der Waals surface area contributed by atoms with E-state index in [1.54, 1.807) is 6.04 Å². The summed E-state index contributed by atoms with van der Waals surface area (Å²) in [4.78, 5) is 0. The second-order valence-corrected chi connectivity index (χ2v) is 11.3. The van der Waals surface area contributed by atoms with Crippen molar-refractivity contribution in [3.05, 3.63) is 0 Å². The van der Waals surface area contributed by atoms with Gasteiger partial charge in [0.25, 0.3) is 0 Å². The predicted octanol–water partition coefficient (Wildman–Crippen LogP) is 0.595. The van der Waals surface area contributed by atoms with Gasteiger partial charge in [0.15, 0.2) is 0 Å². The lowest BCUT2D eigenvalue weighted by atomic mass is 10.4. The fourth-order valence-corrected chi connectivity index (χ4v) is 5.68. The van der Waals surface area contributed by atoms with Crippen LogP contribution in [0.2, 0.25) is 24.2 Å². The van der Waals surface area contributed by atoms with Crippen LogP contribution in [0.4, 0.5) is 0 Å². The van der Waals surface area contributed by atoms with E-state index in [1.165, 1.54) is 31.1 Å². The molecule has 0 spiro atoms. The van der Waals surface area contributed by atoms with Crippen LogP contribution in [-0.2, 0) is 0 Å². The monoisotopic (exact) mass is 251 g/mol. The van der Waals surface area contributed by atoms with Crippen LogP contribution < -0.4 is 12.4 Å². The highest BCUT2D eigenvalue weighted by Gasteiger charge is 2.26. The Morgan fingerprint density at radius 3 is 1.53 bits per heavy atom. The van der Waals surface area contributed by atoms with E-state index in [-0.39, 0.29) is 12.4 Å². The van der Waals surface area contributed by atoms with E-state index < -0.39 is 8.07 Å². The second kappa shape index (κ2) is 7.69. The highest BCUT2D eigenvalue weighted by molar-refractivity contribution is 6.79. The summed E-state index contributed by atoms with van der Waals surface area (Å²) in [6.45, 7) is 8.57. The fourth-order valence-electron chi connectivity index (χ4n) is 2.21. The van der Waals surface area contributed by atoms with Gasteiger partial charge in [-0.05, 0) is 6.42 Å². The van der Waals surface area contributed by atoms with Gasteiger partial charge in [-0.25, -0.2) is 0 Å². The Morgan fingerprint density at radius 1 is 0.867 bits per heavy atom. The normalized spacial score (nSPS) is 12.4. The summed E-state index contributed by atoms with van der Waals surface area (Å²) in [6.07, 6.45) is 1.44. The molecule has 0 aliphatic heterocycles. The first kappa shape index (κ1) is 17.8. The maximum absolute atomic E-state index is 2.41. The first-order chi connectivity index (χ1) is 6.39. The van der Waals surface area contributed by atoms with Crippen molar-refractivity contribution in [3.63, 3.8) is 0 Å². The minimum atomic E-state index is -0.827. The van der Waals surface area contributed by atoms with Gasteiger partial charge in [-0.2, -0.15) is 0 Å². The summed E-state index contributed by atoms with van der Waals surface area (Å²) in [5.74, 6) is 0. The van der Waals surface area contributed by atoms with Crippen LogP contribution in [0, 0.1) is 0 Å². The van der Waals surface area contributed by atoms with Crippen molar-refractivity contribution >= 4 is 8.07 Å². The van der Waals surface area contributed by atoms with Crippen molar-refractivity contribution in [1.29, 1.82) is 0 Å². The molecule has 0 fully saturated rings. The number of nitrogens with zero attached hydrogens (tertiary/aromatic N) is 1. The quantitative estimate of drug-likeness (QED) is 0.459. The Bertz CT molecular complexity index is 142. The molecule has 1 nitrogen and oxygen atoms in total. The van der Waals surface area contributed by atoms with Gasteiger partial charge < -0.3 is 16.9 Å². The molecule has 15 heavy (non-hydrogen) atoms. The summed E-state index contributed by atoms with van der Waals surface area (Å²) in [6, 6.07) is 6.00. The molecule has 0 aromatic carbocycles.